The minimum atomic E-state index is -0.715. The van der Waals surface area contributed by atoms with Crippen molar-refractivity contribution in [3.05, 3.63) is 66.1 Å². The highest BCUT2D eigenvalue weighted by atomic mass is 16.5. The molecule has 0 spiro atoms. The Morgan fingerprint density at radius 2 is 1.81 bits per heavy atom. The number of carbonyl (C=O) groups excluding carboxylic acids is 3. The molecule has 0 radical (unpaired) electrons. The summed E-state index contributed by atoms with van der Waals surface area (Å²) in [5.74, 6) is -1.84. The lowest BCUT2D eigenvalue weighted by Crippen LogP contribution is -2.22. The van der Waals surface area contributed by atoms with E-state index in [4.69, 9.17) is 9.47 Å². The van der Waals surface area contributed by atoms with Crippen LogP contribution in [0.15, 0.2) is 54.9 Å². The van der Waals surface area contributed by atoms with Crippen molar-refractivity contribution in [3.63, 3.8) is 0 Å². The number of carbonyl (C=O) groups is 3. The summed E-state index contributed by atoms with van der Waals surface area (Å²) in [5.41, 5.74) is 1.20. The number of nitrogens with one attached hydrogen (secondary N) is 1. The van der Waals surface area contributed by atoms with Gasteiger partial charge in [0.15, 0.2) is 12.3 Å². The highest BCUT2D eigenvalue weighted by molar-refractivity contribution is 6.02. The van der Waals surface area contributed by atoms with Gasteiger partial charge in [0.2, 0.25) is 0 Å². The summed E-state index contributed by atoms with van der Waals surface area (Å²) in [6.07, 6.45) is 3.27. The zero-order valence-corrected chi connectivity index (χ0v) is 14.5. The Bertz CT molecular complexity index is 963. The van der Waals surface area contributed by atoms with Crippen molar-refractivity contribution in [1.82, 2.24) is 9.38 Å². The number of aromatic nitrogens is 2. The Kier molecular flexibility index (Phi) is 5.46. The smallest absolute Gasteiger partial charge is 0.359 e. The molecule has 1 aromatic carbocycles. The highest BCUT2D eigenvalue weighted by Gasteiger charge is 2.17. The topological polar surface area (TPSA) is 99.0 Å². The number of hydrogen-bond donors (Lipinski definition) is 1. The molecule has 0 bridgehead atoms. The third-order valence-electron chi connectivity index (χ3n) is 3.60. The van der Waals surface area contributed by atoms with Gasteiger partial charge in [0.1, 0.15) is 5.65 Å². The number of hydrogen-bond acceptors (Lipinski definition) is 6. The summed E-state index contributed by atoms with van der Waals surface area (Å²) in [7, 11) is 0. The number of fused-ring (bicyclic) bond motifs is 1. The number of imidazole rings is 1. The van der Waals surface area contributed by atoms with Crippen molar-refractivity contribution < 1.29 is 23.9 Å². The molecule has 8 nitrogen and oxygen atoms in total. The molecule has 0 atom stereocenters. The van der Waals surface area contributed by atoms with Crippen LogP contribution in [0.1, 0.15) is 27.8 Å². The largest absolute Gasteiger partial charge is 0.462 e. The lowest BCUT2D eigenvalue weighted by Gasteiger charge is -2.10. The SMILES string of the molecule is CCOC(=O)c1ccccc1NC(=O)COC(=O)c1cn2ccccc2n1. The predicted molar refractivity (Wildman–Crippen MR) is 96.5 cm³/mol. The lowest BCUT2D eigenvalue weighted by molar-refractivity contribution is -0.119. The molecule has 0 aliphatic rings. The van der Waals surface area contributed by atoms with E-state index in [2.05, 4.69) is 10.3 Å². The fraction of sp³-hybridized carbons (Fsp3) is 0.158. The number of benzene rings is 1. The Morgan fingerprint density at radius 3 is 2.59 bits per heavy atom. The van der Waals surface area contributed by atoms with Crippen LogP contribution >= 0.6 is 0 Å². The number of amides is 1. The zero-order chi connectivity index (χ0) is 19.2. The van der Waals surface area contributed by atoms with Gasteiger partial charge in [-0.25, -0.2) is 14.6 Å². The number of para-hydroxylation sites is 1. The monoisotopic (exact) mass is 367 g/mol. The fourth-order valence-electron chi connectivity index (χ4n) is 2.40. The minimum absolute atomic E-state index is 0.0981. The maximum atomic E-state index is 12.1. The average Bonchev–Trinajstić information content (AvgIpc) is 3.11. The van der Waals surface area contributed by atoms with Crippen LogP contribution < -0.4 is 5.32 Å². The normalized spacial score (nSPS) is 10.4. The first kappa shape index (κ1) is 18.1. The quantitative estimate of drug-likeness (QED) is 0.671. The maximum absolute atomic E-state index is 12.1. The Morgan fingerprint density at radius 1 is 1.04 bits per heavy atom. The summed E-state index contributed by atoms with van der Waals surface area (Å²) in [5, 5.41) is 2.54. The molecule has 0 saturated carbocycles. The Labute approximate surface area is 154 Å². The van der Waals surface area contributed by atoms with E-state index in [9.17, 15) is 14.4 Å². The van der Waals surface area contributed by atoms with Gasteiger partial charge < -0.3 is 19.2 Å². The molecular formula is C19H17N3O5. The van der Waals surface area contributed by atoms with Crippen molar-refractivity contribution in [2.24, 2.45) is 0 Å². The molecule has 1 amide bonds. The molecule has 138 valence electrons. The minimum Gasteiger partial charge on any atom is -0.462 e. The number of rotatable bonds is 6. The summed E-state index contributed by atoms with van der Waals surface area (Å²) >= 11 is 0. The van der Waals surface area contributed by atoms with Gasteiger partial charge in [0.25, 0.3) is 5.91 Å². The molecule has 0 saturated heterocycles. The average molecular weight is 367 g/mol. The van der Waals surface area contributed by atoms with Crippen molar-refractivity contribution in [1.29, 1.82) is 0 Å². The highest BCUT2D eigenvalue weighted by Crippen LogP contribution is 2.16. The summed E-state index contributed by atoms with van der Waals surface area (Å²) in [4.78, 5) is 40.2. The fourth-order valence-corrected chi connectivity index (χ4v) is 2.40. The van der Waals surface area contributed by atoms with Crippen molar-refractivity contribution in [2.75, 3.05) is 18.5 Å². The van der Waals surface area contributed by atoms with Crippen LogP contribution in [0.25, 0.3) is 5.65 Å². The molecule has 0 aliphatic carbocycles. The molecule has 0 aliphatic heterocycles. The van der Waals surface area contributed by atoms with E-state index in [1.807, 2.05) is 0 Å². The van der Waals surface area contributed by atoms with Gasteiger partial charge in [0.05, 0.1) is 17.9 Å². The Hall–Kier alpha value is -3.68. The van der Waals surface area contributed by atoms with Crippen molar-refractivity contribution >= 4 is 29.2 Å². The van der Waals surface area contributed by atoms with Gasteiger partial charge in [-0.3, -0.25) is 4.79 Å². The summed E-state index contributed by atoms with van der Waals surface area (Å²) in [6.45, 7) is 1.40. The predicted octanol–water partition coefficient (Wildman–Crippen LogP) is 2.31. The second-order valence-corrected chi connectivity index (χ2v) is 5.48. The standard InChI is InChI=1S/C19H17N3O5/c1-2-26-18(24)13-7-3-4-8-14(13)21-17(23)12-27-19(25)15-11-22-10-6-5-9-16(22)20-15/h3-11H,2,12H2,1H3,(H,21,23). The molecule has 3 rings (SSSR count). The van der Waals surface area contributed by atoms with Crippen LogP contribution in [0.4, 0.5) is 5.69 Å². The number of anilines is 1. The molecule has 2 aromatic heterocycles. The second-order valence-electron chi connectivity index (χ2n) is 5.48. The van der Waals surface area contributed by atoms with E-state index in [0.717, 1.165) is 0 Å². The molecule has 2 heterocycles. The lowest BCUT2D eigenvalue weighted by atomic mass is 10.2. The van der Waals surface area contributed by atoms with Gasteiger partial charge >= 0.3 is 11.9 Å². The second kappa shape index (κ2) is 8.13. The molecule has 27 heavy (non-hydrogen) atoms. The summed E-state index contributed by atoms with van der Waals surface area (Å²) < 4.78 is 11.6. The molecule has 0 unspecified atom stereocenters. The van der Waals surface area contributed by atoms with Crippen molar-refractivity contribution in [2.45, 2.75) is 6.92 Å². The number of ether oxygens (including phenoxy) is 2. The third-order valence-corrected chi connectivity index (χ3v) is 3.60. The molecule has 3 aromatic rings. The molecular weight excluding hydrogens is 350 g/mol. The van der Waals surface area contributed by atoms with Crippen LogP contribution in [0, 0.1) is 0 Å². The maximum Gasteiger partial charge on any atom is 0.359 e. The number of esters is 2. The zero-order valence-electron chi connectivity index (χ0n) is 14.5. The van der Waals surface area contributed by atoms with E-state index in [1.165, 1.54) is 12.3 Å². The summed E-state index contributed by atoms with van der Waals surface area (Å²) in [6, 6.07) is 11.8. The van der Waals surface area contributed by atoms with Crippen LogP contribution in [0.2, 0.25) is 0 Å². The van der Waals surface area contributed by atoms with Gasteiger partial charge in [-0.15, -0.1) is 0 Å². The van der Waals surface area contributed by atoms with E-state index >= 15 is 0 Å². The number of nitrogens with zero attached hydrogens (tertiary/aromatic N) is 2. The first-order valence-corrected chi connectivity index (χ1v) is 8.25. The van der Waals surface area contributed by atoms with Crippen LogP contribution in [-0.4, -0.2) is 40.4 Å². The number of pyridine rings is 1. The van der Waals surface area contributed by atoms with Crippen LogP contribution in [0.3, 0.4) is 0 Å². The van der Waals surface area contributed by atoms with E-state index < -0.39 is 24.5 Å². The Balaban J connectivity index is 1.61. The third kappa shape index (κ3) is 4.30. The van der Waals surface area contributed by atoms with Gasteiger partial charge in [-0.1, -0.05) is 18.2 Å². The first-order chi connectivity index (χ1) is 13.1. The van der Waals surface area contributed by atoms with E-state index in [0.29, 0.717) is 5.65 Å². The molecule has 0 fully saturated rings. The van der Waals surface area contributed by atoms with Crippen LogP contribution in [-0.2, 0) is 14.3 Å². The molecule has 8 heteroatoms. The van der Waals surface area contributed by atoms with Gasteiger partial charge in [-0.05, 0) is 31.2 Å². The van der Waals surface area contributed by atoms with E-state index in [1.54, 1.807) is 53.9 Å². The van der Waals surface area contributed by atoms with Gasteiger partial charge in [0, 0.05) is 12.4 Å². The van der Waals surface area contributed by atoms with Gasteiger partial charge in [-0.2, -0.15) is 0 Å². The first-order valence-electron chi connectivity index (χ1n) is 8.25. The van der Waals surface area contributed by atoms with E-state index in [-0.39, 0.29) is 23.6 Å². The molecule has 1 N–H and O–H groups in total. The van der Waals surface area contributed by atoms with Crippen LogP contribution in [0.5, 0.6) is 0 Å². The van der Waals surface area contributed by atoms with Crippen molar-refractivity contribution in [3.8, 4) is 0 Å².